The van der Waals surface area contributed by atoms with Crippen LogP contribution in [0.5, 0.6) is 0 Å². The van der Waals surface area contributed by atoms with Gasteiger partial charge in [-0.15, -0.1) is 11.3 Å². The molecule has 0 atom stereocenters. The predicted octanol–water partition coefficient (Wildman–Crippen LogP) is 3.29. The van der Waals surface area contributed by atoms with Crippen molar-refractivity contribution in [3.8, 4) is 5.69 Å². The van der Waals surface area contributed by atoms with E-state index in [0.29, 0.717) is 9.90 Å². The number of nitrogens with zero attached hydrogens (tertiary/aromatic N) is 3. The Labute approximate surface area is 153 Å². The first kappa shape index (κ1) is 17.4. The molecular weight excluding hydrogens is 362 g/mol. The van der Waals surface area contributed by atoms with Crippen molar-refractivity contribution in [3.63, 3.8) is 0 Å². The lowest BCUT2D eigenvalue weighted by atomic mass is 10.3. The van der Waals surface area contributed by atoms with E-state index >= 15 is 0 Å². The van der Waals surface area contributed by atoms with Gasteiger partial charge < -0.3 is 9.64 Å². The summed E-state index contributed by atoms with van der Waals surface area (Å²) >= 11 is 7.21. The number of ether oxygens (including phenoxy) is 1. The molecule has 3 rings (SSSR count). The minimum atomic E-state index is -0.515. The van der Waals surface area contributed by atoms with Gasteiger partial charge in [-0.2, -0.15) is 5.10 Å². The maximum absolute atomic E-state index is 12.2. The van der Waals surface area contributed by atoms with E-state index in [4.69, 9.17) is 16.3 Å². The quantitative estimate of drug-likeness (QED) is 0.654. The molecule has 0 aliphatic heterocycles. The lowest BCUT2D eigenvalue weighted by Gasteiger charge is -2.09. The van der Waals surface area contributed by atoms with E-state index in [1.165, 1.54) is 16.2 Å². The second kappa shape index (κ2) is 6.85. The molecule has 0 unspecified atom stereocenters. The van der Waals surface area contributed by atoms with Gasteiger partial charge in [-0.3, -0.25) is 4.79 Å². The van der Waals surface area contributed by atoms with Crippen molar-refractivity contribution in [1.82, 2.24) is 14.7 Å². The minimum absolute atomic E-state index is 0.266. The van der Waals surface area contributed by atoms with Crippen LogP contribution in [-0.4, -0.2) is 47.3 Å². The zero-order valence-electron chi connectivity index (χ0n) is 13.9. The van der Waals surface area contributed by atoms with E-state index < -0.39 is 5.97 Å². The number of carbonyl (C=O) groups excluding carboxylic acids is 2. The van der Waals surface area contributed by atoms with Gasteiger partial charge in [-0.05, 0) is 37.3 Å². The number of amides is 1. The third-order valence-electron chi connectivity index (χ3n) is 3.64. The number of halogens is 1. The molecule has 0 saturated carbocycles. The van der Waals surface area contributed by atoms with Crippen LogP contribution in [-0.2, 0) is 9.53 Å². The summed E-state index contributed by atoms with van der Waals surface area (Å²) < 4.78 is 6.86. The molecule has 0 radical (unpaired) electrons. The van der Waals surface area contributed by atoms with Crippen LogP contribution in [0.2, 0.25) is 5.02 Å². The van der Waals surface area contributed by atoms with Gasteiger partial charge in [0, 0.05) is 24.5 Å². The van der Waals surface area contributed by atoms with Crippen molar-refractivity contribution in [2.45, 2.75) is 6.92 Å². The van der Waals surface area contributed by atoms with Gasteiger partial charge >= 0.3 is 5.97 Å². The lowest BCUT2D eigenvalue weighted by Crippen LogP contribution is -2.27. The van der Waals surface area contributed by atoms with Crippen LogP contribution in [0.15, 0.2) is 30.3 Å². The second-order valence-corrected chi connectivity index (χ2v) is 7.13. The molecule has 0 saturated heterocycles. The molecule has 8 heteroatoms. The number of thiophene rings is 1. The molecule has 6 nitrogen and oxygen atoms in total. The molecule has 1 aromatic carbocycles. The van der Waals surface area contributed by atoms with Crippen LogP contribution < -0.4 is 0 Å². The highest BCUT2D eigenvalue weighted by Gasteiger charge is 2.19. The third kappa shape index (κ3) is 3.52. The molecule has 0 spiro atoms. The zero-order valence-corrected chi connectivity index (χ0v) is 15.5. The molecule has 0 N–H and O–H groups in total. The van der Waals surface area contributed by atoms with E-state index in [2.05, 4.69) is 5.10 Å². The fraction of sp³-hybridized carbons (Fsp3) is 0.235. The third-order valence-corrected chi connectivity index (χ3v) is 4.99. The molecule has 0 fully saturated rings. The summed E-state index contributed by atoms with van der Waals surface area (Å²) in [5.41, 5.74) is 1.66. The summed E-state index contributed by atoms with van der Waals surface area (Å²) in [7, 11) is 3.22. The van der Waals surface area contributed by atoms with E-state index in [1.807, 2.05) is 19.1 Å². The van der Waals surface area contributed by atoms with Crippen LogP contribution in [0.1, 0.15) is 15.4 Å². The molecule has 0 bridgehead atoms. The average Bonchev–Trinajstić information content (AvgIpc) is 3.14. The topological polar surface area (TPSA) is 64.4 Å². The van der Waals surface area contributed by atoms with Crippen LogP contribution in [0, 0.1) is 6.92 Å². The maximum atomic E-state index is 12.2. The van der Waals surface area contributed by atoms with Gasteiger partial charge in [-0.1, -0.05) is 11.6 Å². The zero-order chi connectivity index (χ0) is 18.1. The Morgan fingerprint density at radius 3 is 2.60 bits per heavy atom. The van der Waals surface area contributed by atoms with Gasteiger partial charge in [0.1, 0.15) is 9.71 Å². The Morgan fingerprint density at radius 1 is 1.28 bits per heavy atom. The van der Waals surface area contributed by atoms with Crippen molar-refractivity contribution in [1.29, 1.82) is 0 Å². The van der Waals surface area contributed by atoms with E-state index in [-0.39, 0.29) is 12.5 Å². The normalized spacial score (nSPS) is 10.9. The first-order chi connectivity index (χ1) is 11.9. The Bertz CT molecular complexity index is 944. The number of rotatable bonds is 4. The highest BCUT2D eigenvalue weighted by molar-refractivity contribution is 7.20. The Kier molecular flexibility index (Phi) is 4.78. The summed E-state index contributed by atoms with van der Waals surface area (Å²) in [5.74, 6) is -0.781. The monoisotopic (exact) mass is 377 g/mol. The summed E-state index contributed by atoms with van der Waals surface area (Å²) in [6, 6.07) is 9.05. The van der Waals surface area contributed by atoms with Gasteiger partial charge in [0.15, 0.2) is 6.61 Å². The summed E-state index contributed by atoms with van der Waals surface area (Å²) in [5, 5.41) is 6.04. The molecule has 2 heterocycles. The van der Waals surface area contributed by atoms with Gasteiger partial charge in [0.2, 0.25) is 0 Å². The van der Waals surface area contributed by atoms with Crippen LogP contribution in [0.4, 0.5) is 0 Å². The number of benzene rings is 1. The number of hydrogen-bond acceptors (Lipinski definition) is 5. The number of hydrogen-bond donors (Lipinski definition) is 0. The molecule has 0 aliphatic carbocycles. The molecule has 130 valence electrons. The van der Waals surface area contributed by atoms with Crippen molar-refractivity contribution in [2.24, 2.45) is 0 Å². The second-order valence-electron chi connectivity index (χ2n) is 5.67. The van der Waals surface area contributed by atoms with Crippen molar-refractivity contribution >= 4 is 45.0 Å². The minimum Gasteiger partial charge on any atom is -0.451 e. The lowest BCUT2D eigenvalue weighted by molar-refractivity contribution is -0.131. The number of likely N-dealkylation sites (N-methyl/N-ethyl adjacent to an activating group) is 1. The summed E-state index contributed by atoms with van der Waals surface area (Å²) in [4.78, 5) is 26.4. The van der Waals surface area contributed by atoms with Gasteiger partial charge in [0.25, 0.3) is 5.91 Å². The van der Waals surface area contributed by atoms with Crippen molar-refractivity contribution < 1.29 is 14.3 Å². The summed E-state index contributed by atoms with van der Waals surface area (Å²) in [6.45, 7) is 1.61. The number of aromatic nitrogens is 2. The molecule has 25 heavy (non-hydrogen) atoms. The maximum Gasteiger partial charge on any atom is 0.348 e. The number of carbonyl (C=O) groups is 2. The fourth-order valence-electron chi connectivity index (χ4n) is 2.23. The van der Waals surface area contributed by atoms with Gasteiger partial charge in [-0.25, -0.2) is 9.48 Å². The van der Waals surface area contributed by atoms with Crippen LogP contribution in [0.3, 0.4) is 0 Å². The van der Waals surface area contributed by atoms with E-state index in [0.717, 1.165) is 21.6 Å². The van der Waals surface area contributed by atoms with E-state index in [1.54, 1.807) is 37.0 Å². The SMILES string of the molecule is Cc1nn(-c2ccc(Cl)cc2)c2sc(C(=O)OCC(=O)N(C)C)cc12. The number of fused-ring (bicyclic) bond motifs is 1. The Hall–Kier alpha value is -2.38. The van der Waals surface area contributed by atoms with E-state index in [9.17, 15) is 9.59 Å². The highest BCUT2D eigenvalue weighted by atomic mass is 35.5. The first-order valence-corrected chi connectivity index (χ1v) is 8.68. The average molecular weight is 378 g/mol. The molecule has 2 aromatic heterocycles. The van der Waals surface area contributed by atoms with Crippen LogP contribution >= 0.6 is 22.9 Å². The van der Waals surface area contributed by atoms with Gasteiger partial charge in [0.05, 0.1) is 11.4 Å². The standard InChI is InChI=1S/C17H16ClN3O3S/c1-10-13-8-14(17(23)24-9-15(22)20(2)3)25-16(13)21(19-10)12-6-4-11(18)5-7-12/h4-8H,9H2,1-3H3. The molecule has 3 aromatic rings. The summed E-state index contributed by atoms with van der Waals surface area (Å²) in [6.07, 6.45) is 0. The molecule has 1 amide bonds. The largest absolute Gasteiger partial charge is 0.451 e. The molecular formula is C17H16ClN3O3S. The number of aryl methyl sites for hydroxylation is 1. The first-order valence-electron chi connectivity index (χ1n) is 7.49. The van der Waals surface area contributed by atoms with Crippen molar-refractivity contribution in [2.75, 3.05) is 20.7 Å². The van der Waals surface area contributed by atoms with Crippen LogP contribution in [0.25, 0.3) is 15.9 Å². The Morgan fingerprint density at radius 2 is 1.96 bits per heavy atom. The predicted molar refractivity (Wildman–Crippen MR) is 97.7 cm³/mol. The Balaban J connectivity index is 1.90. The highest BCUT2D eigenvalue weighted by Crippen LogP contribution is 2.31. The smallest absolute Gasteiger partial charge is 0.348 e. The fourth-order valence-corrected chi connectivity index (χ4v) is 3.44. The van der Waals surface area contributed by atoms with Crippen molar-refractivity contribution in [3.05, 3.63) is 45.9 Å². The molecule has 0 aliphatic rings. The number of esters is 1.